The Labute approximate surface area is 83.2 Å². The molecule has 0 aromatic heterocycles. The maximum Gasteiger partial charge on any atom is 0.322 e. The van der Waals surface area contributed by atoms with Crippen LogP contribution in [-0.4, -0.2) is 29.7 Å². The number of esters is 1. The summed E-state index contributed by atoms with van der Waals surface area (Å²) in [4.78, 5) is 21.3. The van der Waals surface area contributed by atoms with E-state index in [9.17, 15) is 9.59 Å². The summed E-state index contributed by atoms with van der Waals surface area (Å²) in [5, 5.41) is 8.35. The molecule has 0 fully saturated rings. The fourth-order valence-corrected chi connectivity index (χ4v) is 0.821. The number of ether oxygens (including phenoxy) is 1. The first kappa shape index (κ1) is 12.9. The van der Waals surface area contributed by atoms with Gasteiger partial charge in [-0.15, -0.1) is 0 Å². The molecule has 0 rings (SSSR count). The number of aliphatic carboxylic acids is 1. The molecule has 3 N–H and O–H groups in total. The molecule has 0 heterocycles. The lowest BCUT2D eigenvalue weighted by atomic mass is 10.2. The number of hydrogen-bond acceptors (Lipinski definition) is 4. The van der Waals surface area contributed by atoms with Crippen LogP contribution in [0.15, 0.2) is 0 Å². The summed E-state index contributed by atoms with van der Waals surface area (Å²) in [6, 6.07) is -0.817. The molecule has 14 heavy (non-hydrogen) atoms. The number of hydrogen-bond donors (Lipinski definition) is 2. The van der Waals surface area contributed by atoms with Crippen molar-refractivity contribution >= 4 is 11.9 Å². The van der Waals surface area contributed by atoms with Crippen LogP contribution in [0.3, 0.4) is 0 Å². The van der Waals surface area contributed by atoms with Crippen molar-refractivity contribution in [2.75, 3.05) is 6.61 Å². The van der Waals surface area contributed by atoms with Gasteiger partial charge in [0.1, 0.15) is 6.04 Å². The summed E-state index contributed by atoms with van der Waals surface area (Å²) >= 11 is 0. The average Bonchev–Trinajstić information content (AvgIpc) is 2.14. The van der Waals surface area contributed by atoms with Crippen LogP contribution >= 0.6 is 0 Å². The van der Waals surface area contributed by atoms with Gasteiger partial charge >= 0.3 is 11.9 Å². The van der Waals surface area contributed by atoms with E-state index < -0.39 is 18.0 Å². The zero-order valence-corrected chi connectivity index (χ0v) is 8.36. The molecule has 0 saturated carbocycles. The minimum atomic E-state index is -0.957. The monoisotopic (exact) mass is 203 g/mol. The molecule has 5 nitrogen and oxygen atoms in total. The number of carboxylic acids is 1. The van der Waals surface area contributed by atoms with Gasteiger partial charge in [0.15, 0.2) is 0 Å². The van der Waals surface area contributed by atoms with Crippen molar-refractivity contribution < 1.29 is 19.4 Å². The molecule has 0 spiro atoms. The van der Waals surface area contributed by atoms with Crippen LogP contribution in [-0.2, 0) is 14.3 Å². The Morgan fingerprint density at radius 3 is 2.64 bits per heavy atom. The number of carbonyl (C=O) groups excluding carboxylic acids is 1. The summed E-state index contributed by atoms with van der Waals surface area (Å²) in [6.45, 7) is 2.34. The third-order valence-corrected chi connectivity index (χ3v) is 1.71. The van der Waals surface area contributed by atoms with Gasteiger partial charge in [0.05, 0.1) is 6.61 Å². The van der Waals surface area contributed by atoms with E-state index in [1.54, 1.807) is 0 Å². The summed E-state index contributed by atoms with van der Waals surface area (Å²) < 4.78 is 4.82. The zero-order valence-electron chi connectivity index (χ0n) is 8.36. The van der Waals surface area contributed by atoms with Gasteiger partial charge < -0.3 is 15.6 Å². The highest BCUT2D eigenvalue weighted by Gasteiger charge is 2.15. The Balaban J connectivity index is 3.59. The van der Waals surface area contributed by atoms with Crippen LogP contribution in [0.1, 0.15) is 32.6 Å². The molecule has 0 aromatic rings. The second-order valence-corrected chi connectivity index (χ2v) is 3.06. The van der Waals surface area contributed by atoms with Crippen LogP contribution in [0, 0.1) is 0 Å². The van der Waals surface area contributed by atoms with Crippen LogP contribution in [0.25, 0.3) is 0 Å². The standard InChI is InChI=1S/C9H17NO4/c1-2-3-6-14-9(13)7(10)4-5-8(11)12/h7H,2-6,10H2,1H3,(H,11,12)/t7-/m1/s1. The second-order valence-electron chi connectivity index (χ2n) is 3.06. The van der Waals surface area contributed by atoms with Crippen LogP contribution in [0.5, 0.6) is 0 Å². The minimum absolute atomic E-state index is 0.107. The van der Waals surface area contributed by atoms with E-state index in [0.717, 1.165) is 12.8 Å². The van der Waals surface area contributed by atoms with Crippen molar-refractivity contribution in [1.82, 2.24) is 0 Å². The predicted octanol–water partition coefficient (Wildman–Crippen LogP) is 0.522. The van der Waals surface area contributed by atoms with E-state index in [-0.39, 0.29) is 12.8 Å². The summed E-state index contributed by atoms with van der Waals surface area (Å²) in [6.07, 6.45) is 1.76. The van der Waals surface area contributed by atoms with E-state index in [1.165, 1.54) is 0 Å². The second kappa shape index (κ2) is 7.32. The molecular weight excluding hydrogens is 186 g/mol. The Morgan fingerprint density at radius 1 is 1.50 bits per heavy atom. The number of nitrogens with two attached hydrogens (primary N) is 1. The number of carboxylic acid groups (broad SMARTS) is 1. The van der Waals surface area contributed by atoms with Crippen molar-refractivity contribution in [3.63, 3.8) is 0 Å². The van der Waals surface area contributed by atoms with Gasteiger partial charge in [0, 0.05) is 6.42 Å². The van der Waals surface area contributed by atoms with Gasteiger partial charge in [-0.2, -0.15) is 0 Å². The summed E-state index contributed by atoms with van der Waals surface area (Å²) in [5.74, 6) is -1.47. The first-order chi connectivity index (χ1) is 6.57. The van der Waals surface area contributed by atoms with Crippen molar-refractivity contribution in [2.45, 2.75) is 38.6 Å². The molecule has 0 aliphatic heterocycles. The lowest BCUT2D eigenvalue weighted by Gasteiger charge is -2.09. The molecule has 0 aliphatic rings. The number of unbranched alkanes of at least 4 members (excludes halogenated alkanes) is 1. The highest BCUT2D eigenvalue weighted by molar-refractivity contribution is 5.76. The third kappa shape index (κ3) is 6.42. The first-order valence-corrected chi connectivity index (χ1v) is 4.72. The SMILES string of the molecule is CCCCOC(=O)[C@H](N)CCC(=O)O. The van der Waals surface area contributed by atoms with E-state index in [1.807, 2.05) is 6.92 Å². The molecular formula is C9H17NO4. The van der Waals surface area contributed by atoms with E-state index >= 15 is 0 Å². The van der Waals surface area contributed by atoms with Crippen molar-refractivity contribution in [1.29, 1.82) is 0 Å². The Hall–Kier alpha value is -1.10. The molecule has 0 amide bonds. The van der Waals surface area contributed by atoms with Gasteiger partial charge in [-0.05, 0) is 12.8 Å². The van der Waals surface area contributed by atoms with Gasteiger partial charge in [0.2, 0.25) is 0 Å². The quantitative estimate of drug-likeness (QED) is 0.465. The Bertz CT molecular complexity index is 193. The molecule has 82 valence electrons. The molecule has 0 unspecified atom stereocenters. The highest BCUT2D eigenvalue weighted by atomic mass is 16.5. The van der Waals surface area contributed by atoms with Gasteiger partial charge in [-0.1, -0.05) is 13.3 Å². The van der Waals surface area contributed by atoms with Crippen molar-refractivity contribution in [3.05, 3.63) is 0 Å². The van der Waals surface area contributed by atoms with E-state index in [4.69, 9.17) is 15.6 Å². The molecule has 5 heteroatoms. The van der Waals surface area contributed by atoms with E-state index in [2.05, 4.69) is 0 Å². The molecule has 1 atom stereocenters. The predicted molar refractivity (Wildman–Crippen MR) is 50.7 cm³/mol. The molecule has 0 aromatic carbocycles. The summed E-state index contributed by atoms with van der Waals surface area (Å²) in [5.41, 5.74) is 5.41. The number of carbonyl (C=O) groups is 2. The Kier molecular flexibility index (Phi) is 6.74. The van der Waals surface area contributed by atoms with Crippen LogP contribution in [0.2, 0.25) is 0 Å². The van der Waals surface area contributed by atoms with Gasteiger partial charge in [-0.25, -0.2) is 0 Å². The van der Waals surface area contributed by atoms with Crippen LogP contribution in [0.4, 0.5) is 0 Å². The van der Waals surface area contributed by atoms with Crippen molar-refractivity contribution in [2.24, 2.45) is 5.73 Å². The first-order valence-electron chi connectivity index (χ1n) is 4.72. The van der Waals surface area contributed by atoms with E-state index in [0.29, 0.717) is 6.61 Å². The normalized spacial score (nSPS) is 12.1. The average molecular weight is 203 g/mol. The molecule has 0 bridgehead atoms. The third-order valence-electron chi connectivity index (χ3n) is 1.71. The lowest BCUT2D eigenvalue weighted by Crippen LogP contribution is -2.33. The maximum absolute atomic E-state index is 11.1. The number of rotatable bonds is 7. The molecule has 0 radical (unpaired) electrons. The van der Waals surface area contributed by atoms with Gasteiger partial charge in [-0.3, -0.25) is 9.59 Å². The smallest absolute Gasteiger partial charge is 0.322 e. The zero-order chi connectivity index (χ0) is 11.0. The lowest BCUT2D eigenvalue weighted by molar-refractivity contribution is -0.145. The summed E-state index contributed by atoms with van der Waals surface area (Å²) in [7, 11) is 0. The van der Waals surface area contributed by atoms with Crippen molar-refractivity contribution in [3.8, 4) is 0 Å². The fourth-order valence-electron chi connectivity index (χ4n) is 0.821. The Morgan fingerprint density at radius 2 is 2.14 bits per heavy atom. The molecule has 0 saturated heterocycles. The van der Waals surface area contributed by atoms with Crippen LogP contribution < -0.4 is 5.73 Å². The van der Waals surface area contributed by atoms with Gasteiger partial charge in [0.25, 0.3) is 0 Å². The highest BCUT2D eigenvalue weighted by Crippen LogP contribution is 1.98. The largest absolute Gasteiger partial charge is 0.481 e. The fraction of sp³-hybridized carbons (Fsp3) is 0.778. The molecule has 0 aliphatic carbocycles. The minimum Gasteiger partial charge on any atom is -0.481 e. The topological polar surface area (TPSA) is 89.6 Å². The maximum atomic E-state index is 11.1.